The van der Waals surface area contributed by atoms with Crippen LogP contribution >= 0.6 is 0 Å². The third-order valence-electron chi connectivity index (χ3n) is 5.30. The molecule has 1 fully saturated rings. The molecule has 162 valence electrons. The number of nitrogens with two attached hydrogens (primary N) is 1. The summed E-state index contributed by atoms with van der Waals surface area (Å²) in [6, 6.07) is 11.2. The first kappa shape index (κ1) is 22.2. The van der Waals surface area contributed by atoms with Crippen LogP contribution in [-0.2, 0) is 23.1 Å². The highest BCUT2D eigenvalue weighted by Crippen LogP contribution is 2.18. The Morgan fingerprint density at radius 3 is 2.43 bits per heavy atom. The van der Waals surface area contributed by atoms with Crippen LogP contribution in [-0.4, -0.2) is 60.6 Å². The number of pyridine rings is 1. The molecular weight excluding hydrogens is 402 g/mol. The molecule has 0 spiro atoms. The number of carbonyl (C=O) groups excluding carboxylic acids is 1. The Balaban J connectivity index is 1.64. The van der Waals surface area contributed by atoms with E-state index >= 15 is 0 Å². The topological polar surface area (TPSA) is 99.8 Å². The van der Waals surface area contributed by atoms with Gasteiger partial charge in [0.2, 0.25) is 10.0 Å². The Bertz CT molecular complexity index is 970. The number of hydrogen-bond donors (Lipinski definition) is 1. The van der Waals surface area contributed by atoms with E-state index in [1.165, 1.54) is 4.90 Å². The van der Waals surface area contributed by atoms with Crippen molar-refractivity contribution in [1.29, 1.82) is 0 Å². The van der Waals surface area contributed by atoms with Gasteiger partial charge in [0.25, 0.3) is 0 Å². The molecular formula is C21H29N5O3S. The molecule has 0 unspecified atom stereocenters. The van der Waals surface area contributed by atoms with Gasteiger partial charge in [-0.3, -0.25) is 14.8 Å². The standard InChI is InChI=1S/C21H29N5O3S/c1-3-30(28,29)25-11-9-24(10-12-25)15-18-5-4-6-19(13-18)16-26(21(22)27)20-8-7-17(2)23-14-20/h4-8,13-14H,3,9-12,15-16H2,1-2H3,(H2,22,27). The first-order chi connectivity index (χ1) is 14.3. The van der Waals surface area contributed by atoms with Crippen molar-refractivity contribution in [3.05, 3.63) is 59.4 Å². The smallest absolute Gasteiger partial charge is 0.319 e. The zero-order chi connectivity index (χ0) is 21.7. The lowest BCUT2D eigenvalue weighted by atomic mass is 10.1. The predicted molar refractivity (Wildman–Crippen MR) is 117 cm³/mol. The summed E-state index contributed by atoms with van der Waals surface area (Å²) < 4.78 is 25.6. The van der Waals surface area contributed by atoms with Gasteiger partial charge >= 0.3 is 6.03 Å². The fourth-order valence-corrected chi connectivity index (χ4v) is 4.62. The number of piperazine rings is 1. The fourth-order valence-electron chi connectivity index (χ4n) is 3.53. The van der Waals surface area contributed by atoms with Gasteiger partial charge in [0.05, 0.1) is 24.2 Å². The van der Waals surface area contributed by atoms with Gasteiger partial charge < -0.3 is 5.73 Å². The van der Waals surface area contributed by atoms with Crippen molar-refractivity contribution in [3.63, 3.8) is 0 Å². The average molecular weight is 432 g/mol. The minimum absolute atomic E-state index is 0.141. The highest BCUT2D eigenvalue weighted by atomic mass is 32.2. The summed E-state index contributed by atoms with van der Waals surface area (Å²) in [5.41, 5.74) is 9.22. The van der Waals surface area contributed by atoms with Gasteiger partial charge in [-0.15, -0.1) is 0 Å². The molecule has 1 aliphatic heterocycles. The molecule has 0 aliphatic carbocycles. The minimum atomic E-state index is -3.12. The van der Waals surface area contributed by atoms with E-state index in [0.717, 1.165) is 23.4 Å². The molecule has 2 amide bonds. The van der Waals surface area contributed by atoms with Crippen LogP contribution in [0.2, 0.25) is 0 Å². The molecule has 3 rings (SSSR count). The molecule has 1 aromatic carbocycles. The monoisotopic (exact) mass is 431 g/mol. The molecule has 1 saturated heterocycles. The quantitative estimate of drug-likeness (QED) is 0.722. The maximum absolute atomic E-state index is 12.0. The molecule has 0 atom stereocenters. The summed E-state index contributed by atoms with van der Waals surface area (Å²) >= 11 is 0. The van der Waals surface area contributed by atoms with Crippen molar-refractivity contribution in [2.45, 2.75) is 26.9 Å². The second kappa shape index (κ2) is 9.55. The molecule has 30 heavy (non-hydrogen) atoms. The molecule has 9 heteroatoms. The van der Waals surface area contributed by atoms with Crippen molar-refractivity contribution >= 4 is 21.7 Å². The second-order valence-electron chi connectivity index (χ2n) is 7.48. The van der Waals surface area contributed by atoms with Crippen LogP contribution in [0.3, 0.4) is 0 Å². The number of amides is 2. The summed E-state index contributed by atoms with van der Waals surface area (Å²) in [5.74, 6) is 0.141. The fraction of sp³-hybridized carbons (Fsp3) is 0.429. The highest BCUT2D eigenvalue weighted by molar-refractivity contribution is 7.89. The number of primary amides is 1. The number of carbonyl (C=O) groups is 1. The number of aryl methyl sites for hydroxylation is 1. The Kier molecular flexibility index (Phi) is 7.06. The van der Waals surface area contributed by atoms with Crippen molar-refractivity contribution in [3.8, 4) is 0 Å². The van der Waals surface area contributed by atoms with Crippen LogP contribution in [0.4, 0.5) is 10.5 Å². The molecule has 2 heterocycles. The molecule has 0 bridgehead atoms. The molecule has 1 aromatic heterocycles. The second-order valence-corrected chi connectivity index (χ2v) is 9.74. The van der Waals surface area contributed by atoms with Gasteiger partial charge in [-0.05, 0) is 37.1 Å². The van der Waals surface area contributed by atoms with E-state index in [0.29, 0.717) is 38.4 Å². The number of rotatable bonds is 7. The molecule has 2 aromatic rings. The number of anilines is 1. The van der Waals surface area contributed by atoms with Gasteiger partial charge in [0.1, 0.15) is 0 Å². The largest absolute Gasteiger partial charge is 0.351 e. The molecule has 0 saturated carbocycles. The van der Waals surface area contributed by atoms with Crippen molar-refractivity contribution in [2.24, 2.45) is 5.73 Å². The number of nitrogens with zero attached hydrogens (tertiary/aromatic N) is 4. The third kappa shape index (κ3) is 5.56. The third-order valence-corrected chi connectivity index (χ3v) is 7.18. The molecule has 0 radical (unpaired) electrons. The van der Waals surface area contributed by atoms with E-state index < -0.39 is 16.1 Å². The van der Waals surface area contributed by atoms with Gasteiger partial charge in [0.15, 0.2) is 0 Å². The number of sulfonamides is 1. The lowest BCUT2D eigenvalue weighted by Gasteiger charge is -2.33. The first-order valence-electron chi connectivity index (χ1n) is 10.1. The SMILES string of the molecule is CCS(=O)(=O)N1CCN(Cc2cccc(CN(C(N)=O)c3ccc(C)nc3)c2)CC1. The Morgan fingerprint density at radius 2 is 1.83 bits per heavy atom. The van der Waals surface area contributed by atoms with Gasteiger partial charge in [-0.2, -0.15) is 4.31 Å². The van der Waals surface area contributed by atoms with Crippen LogP contribution in [0.5, 0.6) is 0 Å². The van der Waals surface area contributed by atoms with Gasteiger partial charge in [-0.1, -0.05) is 24.3 Å². The Labute approximate surface area is 178 Å². The highest BCUT2D eigenvalue weighted by Gasteiger charge is 2.25. The van der Waals surface area contributed by atoms with E-state index in [1.54, 1.807) is 17.4 Å². The minimum Gasteiger partial charge on any atom is -0.351 e. The zero-order valence-electron chi connectivity index (χ0n) is 17.5. The number of benzene rings is 1. The summed E-state index contributed by atoms with van der Waals surface area (Å²) in [6.45, 7) is 7.09. The summed E-state index contributed by atoms with van der Waals surface area (Å²) in [4.78, 5) is 20.0. The van der Waals surface area contributed by atoms with Crippen molar-refractivity contribution in [2.75, 3.05) is 36.8 Å². The zero-order valence-corrected chi connectivity index (χ0v) is 18.3. The van der Waals surface area contributed by atoms with Crippen LogP contribution < -0.4 is 10.6 Å². The molecule has 8 nitrogen and oxygen atoms in total. The Morgan fingerprint density at radius 1 is 1.13 bits per heavy atom. The van der Waals surface area contributed by atoms with Crippen LogP contribution in [0, 0.1) is 6.92 Å². The maximum Gasteiger partial charge on any atom is 0.319 e. The lowest BCUT2D eigenvalue weighted by Crippen LogP contribution is -2.48. The number of hydrogen-bond acceptors (Lipinski definition) is 5. The number of aromatic nitrogens is 1. The van der Waals surface area contributed by atoms with E-state index in [1.807, 2.05) is 37.3 Å². The summed E-state index contributed by atoms with van der Waals surface area (Å²) in [5, 5.41) is 0. The van der Waals surface area contributed by atoms with Crippen LogP contribution in [0.1, 0.15) is 23.7 Å². The molecule has 2 N–H and O–H groups in total. The Hall–Kier alpha value is -2.49. The van der Waals surface area contributed by atoms with Crippen molar-refractivity contribution in [1.82, 2.24) is 14.2 Å². The molecule has 1 aliphatic rings. The van der Waals surface area contributed by atoms with E-state index in [-0.39, 0.29) is 5.75 Å². The lowest BCUT2D eigenvalue weighted by molar-refractivity contribution is 0.181. The predicted octanol–water partition coefficient (Wildman–Crippen LogP) is 1.94. The summed E-state index contributed by atoms with van der Waals surface area (Å²) in [6.07, 6.45) is 1.65. The van der Waals surface area contributed by atoms with Crippen molar-refractivity contribution < 1.29 is 13.2 Å². The van der Waals surface area contributed by atoms with E-state index in [4.69, 9.17) is 5.73 Å². The van der Waals surface area contributed by atoms with Crippen LogP contribution in [0.15, 0.2) is 42.6 Å². The number of urea groups is 1. The normalized spacial score (nSPS) is 15.8. The first-order valence-corrected chi connectivity index (χ1v) is 11.7. The average Bonchev–Trinajstić information content (AvgIpc) is 2.73. The van der Waals surface area contributed by atoms with E-state index in [2.05, 4.69) is 16.0 Å². The maximum atomic E-state index is 12.0. The summed E-state index contributed by atoms with van der Waals surface area (Å²) in [7, 11) is -3.12. The van der Waals surface area contributed by atoms with Gasteiger partial charge in [0, 0.05) is 38.4 Å². The van der Waals surface area contributed by atoms with Crippen LogP contribution in [0.25, 0.3) is 0 Å². The van der Waals surface area contributed by atoms with E-state index in [9.17, 15) is 13.2 Å². The van der Waals surface area contributed by atoms with Gasteiger partial charge in [-0.25, -0.2) is 13.2 Å².